The number of morpholine rings is 1. The number of nitrogens with one attached hydrogen (secondary N) is 2. The number of nitrogens with zero attached hydrogens (tertiary/aromatic N) is 3. The van der Waals surface area contributed by atoms with Crippen molar-refractivity contribution in [3.05, 3.63) is 0 Å². The molecule has 2 N–H and O–H groups in total. The molecule has 0 aromatic rings. The molecule has 10 heteroatoms. The highest BCUT2D eigenvalue weighted by atomic mass is 127. The maximum absolute atomic E-state index is 12.3. The first kappa shape index (κ1) is 24.7. The number of hydrogen-bond donors (Lipinski definition) is 2. The van der Waals surface area contributed by atoms with Crippen molar-refractivity contribution < 1.29 is 17.9 Å². The minimum Gasteiger partial charge on any atom is -0.379 e. The van der Waals surface area contributed by atoms with E-state index in [4.69, 9.17) is 4.74 Å². The number of alkyl halides is 3. The zero-order valence-electron chi connectivity index (χ0n) is 15.2. The second-order valence-electron chi connectivity index (χ2n) is 6.00. The van der Waals surface area contributed by atoms with E-state index in [0.717, 1.165) is 26.3 Å². The fourth-order valence-electron chi connectivity index (χ4n) is 2.45. The Balaban J connectivity index is 0.00000576. The van der Waals surface area contributed by atoms with Crippen molar-refractivity contribution in [1.29, 1.82) is 0 Å². The molecule has 1 fully saturated rings. The van der Waals surface area contributed by atoms with Crippen LogP contribution in [0, 0.1) is 0 Å². The van der Waals surface area contributed by atoms with Gasteiger partial charge in [0.15, 0.2) is 5.96 Å². The molecule has 1 rings (SSSR count). The highest BCUT2D eigenvalue weighted by Crippen LogP contribution is 2.14. The van der Waals surface area contributed by atoms with Crippen LogP contribution in [0.5, 0.6) is 0 Å². The Morgan fingerprint density at radius 3 is 2.48 bits per heavy atom. The van der Waals surface area contributed by atoms with Crippen molar-refractivity contribution in [3.63, 3.8) is 0 Å². The summed E-state index contributed by atoms with van der Waals surface area (Å²) in [6, 6.07) is 0.303. The number of likely N-dealkylation sites (N-methyl/N-ethyl adjacent to an activating group) is 1. The molecular formula is C15H31F3IN5O. The van der Waals surface area contributed by atoms with Gasteiger partial charge in [-0.1, -0.05) is 0 Å². The lowest BCUT2D eigenvalue weighted by Crippen LogP contribution is -2.45. The van der Waals surface area contributed by atoms with Gasteiger partial charge in [0.2, 0.25) is 0 Å². The van der Waals surface area contributed by atoms with Gasteiger partial charge < -0.3 is 15.4 Å². The summed E-state index contributed by atoms with van der Waals surface area (Å²) >= 11 is 0. The maximum Gasteiger partial charge on any atom is 0.401 e. The zero-order chi connectivity index (χ0) is 18.0. The number of hydrogen-bond acceptors (Lipinski definition) is 4. The second kappa shape index (κ2) is 12.9. The SMILES string of the molecule is CCNC(=NCC(C)N1CCOCC1)NCCN(C)CC(F)(F)F.I. The third-order valence-electron chi connectivity index (χ3n) is 3.76. The summed E-state index contributed by atoms with van der Waals surface area (Å²) in [5, 5.41) is 6.20. The lowest BCUT2D eigenvalue weighted by atomic mass is 10.2. The summed E-state index contributed by atoms with van der Waals surface area (Å²) in [4.78, 5) is 8.10. The molecule has 0 amide bonds. The van der Waals surface area contributed by atoms with Crippen molar-refractivity contribution in [1.82, 2.24) is 20.4 Å². The predicted molar refractivity (Wildman–Crippen MR) is 105 cm³/mol. The predicted octanol–water partition coefficient (Wildman–Crippen LogP) is 1.37. The van der Waals surface area contributed by atoms with E-state index >= 15 is 0 Å². The highest BCUT2D eigenvalue weighted by molar-refractivity contribution is 14.0. The number of halogens is 4. The summed E-state index contributed by atoms with van der Waals surface area (Å²) in [5.74, 6) is 0.637. The first-order valence-electron chi connectivity index (χ1n) is 8.41. The minimum absolute atomic E-state index is 0. The van der Waals surface area contributed by atoms with Gasteiger partial charge in [-0.05, 0) is 20.9 Å². The number of guanidine groups is 1. The van der Waals surface area contributed by atoms with E-state index < -0.39 is 12.7 Å². The first-order valence-corrected chi connectivity index (χ1v) is 8.41. The number of ether oxygens (including phenoxy) is 1. The standard InChI is InChI=1S/C15H30F3N5O.HI/c1-4-19-14(20-5-6-22(3)12-15(16,17)18)21-11-13(2)23-7-9-24-10-8-23;/h13H,4-12H2,1-3H3,(H2,19,20,21);1H. The molecule has 0 saturated carbocycles. The van der Waals surface area contributed by atoms with E-state index in [-0.39, 0.29) is 24.0 Å². The molecule has 0 spiro atoms. The summed E-state index contributed by atoms with van der Waals surface area (Å²) in [6.07, 6.45) is -4.17. The van der Waals surface area contributed by atoms with Crippen molar-refractivity contribution in [3.8, 4) is 0 Å². The van der Waals surface area contributed by atoms with Gasteiger partial charge in [0, 0.05) is 38.8 Å². The Hall–Kier alpha value is -0.330. The van der Waals surface area contributed by atoms with Crippen LogP contribution >= 0.6 is 24.0 Å². The molecule has 150 valence electrons. The van der Waals surface area contributed by atoms with E-state index in [0.29, 0.717) is 38.2 Å². The molecule has 1 unspecified atom stereocenters. The largest absolute Gasteiger partial charge is 0.401 e. The zero-order valence-corrected chi connectivity index (χ0v) is 17.6. The smallest absolute Gasteiger partial charge is 0.379 e. The fourth-order valence-corrected chi connectivity index (χ4v) is 2.45. The molecule has 0 radical (unpaired) electrons. The Kier molecular flexibility index (Phi) is 12.8. The van der Waals surface area contributed by atoms with Crippen molar-refractivity contribution in [2.75, 3.05) is 66.1 Å². The van der Waals surface area contributed by atoms with Crippen molar-refractivity contribution >= 4 is 29.9 Å². The Labute approximate surface area is 165 Å². The lowest BCUT2D eigenvalue weighted by molar-refractivity contribution is -0.142. The topological polar surface area (TPSA) is 52.1 Å². The maximum atomic E-state index is 12.3. The third-order valence-corrected chi connectivity index (χ3v) is 3.76. The van der Waals surface area contributed by atoms with Crippen LogP contribution in [0.25, 0.3) is 0 Å². The van der Waals surface area contributed by atoms with E-state index in [9.17, 15) is 13.2 Å². The van der Waals surface area contributed by atoms with Crippen molar-refractivity contribution in [2.24, 2.45) is 4.99 Å². The molecule has 1 aliphatic rings. The van der Waals surface area contributed by atoms with Gasteiger partial charge in [-0.15, -0.1) is 24.0 Å². The minimum atomic E-state index is -4.17. The normalized spacial score (nSPS) is 18.0. The van der Waals surface area contributed by atoms with Crippen LogP contribution in [0.2, 0.25) is 0 Å². The van der Waals surface area contributed by atoms with Crippen LogP contribution in [0.15, 0.2) is 4.99 Å². The van der Waals surface area contributed by atoms with Gasteiger partial charge in [0.05, 0.1) is 26.3 Å². The van der Waals surface area contributed by atoms with Gasteiger partial charge in [0.1, 0.15) is 0 Å². The summed E-state index contributed by atoms with van der Waals surface area (Å²) < 4.78 is 42.2. The van der Waals surface area contributed by atoms with Gasteiger partial charge in [0.25, 0.3) is 0 Å². The summed E-state index contributed by atoms with van der Waals surface area (Å²) in [7, 11) is 1.46. The van der Waals surface area contributed by atoms with Crippen LogP contribution in [0.4, 0.5) is 13.2 Å². The second-order valence-corrected chi connectivity index (χ2v) is 6.00. The molecule has 25 heavy (non-hydrogen) atoms. The van der Waals surface area contributed by atoms with Crippen molar-refractivity contribution in [2.45, 2.75) is 26.1 Å². The molecular weight excluding hydrogens is 450 g/mol. The van der Waals surface area contributed by atoms with Gasteiger partial charge >= 0.3 is 6.18 Å². The molecule has 0 aromatic heterocycles. The summed E-state index contributed by atoms with van der Waals surface area (Å²) in [5.41, 5.74) is 0. The molecule has 1 aliphatic heterocycles. The van der Waals surface area contributed by atoms with E-state index in [1.807, 2.05) is 6.92 Å². The average molecular weight is 481 g/mol. The van der Waals surface area contributed by atoms with Crippen LogP contribution in [0.3, 0.4) is 0 Å². The monoisotopic (exact) mass is 481 g/mol. The van der Waals surface area contributed by atoms with Gasteiger partial charge in [-0.25, -0.2) is 0 Å². The third kappa shape index (κ3) is 11.8. The lowest BCUT2D eigenvalue weighted by Gasteiger charge is -2.31. The molecule has 0 aliphatic carbocycles. The highest BCUT2D eigenvalue weighted by Gasteiger charge is 2.28. The van der Waals surface area contributed by atoms with E-state index in [2.05, 4.69) is 27.4 Å². The van der Waals surface area contributed by atoms with E-state index in [1.165, 1.54) is 11.9 Å². The summed E-state index contributed by atoms with van der Waals surface area (Å²) in [6.45, 7) is 8.52. The Morgan fingerprint density at radius 2 is 1.92 bits per heavy atom. The van der Waals surface area contributed by atoms with Gasteiger partial charge in [-0.2, -0.15) is 13.2 Å². The molecule has 1 saturated heterocycles. The first-order chi connectivity index (χ1) is 11.3. The quantitative estimate of drug-likeness (QED) is 0.312. The van der Waals surface area contributed by atoms with E-state index in [1.54, 1.807) is 0 Å². The average Bonchev–Trinajstić information content (AvgIpc) is 2.51. The number of aliphatic imine (C=N–C) groups is 1. The molecule has 0 aromatic carbocycles. The van der Waals surface area contributed by atoms with Crippen LogP contribution in [-0.2, 0) is 4.74 Å². The van der Waals surface area contributed by atoms with Crippen LogP contribution in [0.1, 0.15) is 13.8 Å². The van der Waals surface area contributed by atoms with Crippen LogP contribution in [-0.4, -0.2) is 94.1 Å². The molecule has 0 bridgehead atoms. The Bertz CT molecular complexity index is 379. The van der Waals surface area contributed by atoms with Gasteiger partial charge in [-0.3, -0.25) is 14.8 Å². The molecule has 1 heterocycles. The molecule has 6 nitrogen and oxygen atoms in total. The molecule has 1 atom stereocenters. The van der Waals surface area contributed by atoms with Crippen LogP contribution < -0.4 is 10.6 Å². The fraction of sp³-hybridized carbons (Fsp3) is 0.933. The Morgan fingerprint density at radius 1 is 1.28 bits per heavy atom. The number of rotatable bonds is 8.